The van der Waals surface area contributed by atoms with Crippen LogP contribution in [0.25, 0.3) is 16.6 Å². The molecule has 174 valence electrons. The molecule has 1 fully saturated rings. The molecule has 1 unspecified atom stereocenters. The molecule has 33 heavy (non-hydrogen) atoms. The predicted octanol–water partition coefficient (Wildman–Crippen LogP) is 4.20. The van der Waals surface area contributed by atoms with Crippen molar-refractivity contribution in [3.63, 3.8) is 0 Å². The Hall–Kier alpha value is -2.99. The van der Waals surface area contributed by atoms with Gasteiger partial charge in [0.25, 0.3) is 5.56 Å². The maximum Gasteiger partial charge on any atom is 0.266 e. The second-order valence-corrected chi connectivity index (χ2v) is 9.18. The van der Waals surface area contributed by atoms with E-state index in [9.17, 15) is 9.59 Å². The Morgan fingerprint density at radius 3 is 2.36 bits per heavy atom. The van der Waals surface area contributed by atoms with Gasteiger partial charge >= 0.3 is 0 Å². The van der Waals surface area contributed by atoms with Gasteiger partial charge in [0.05, 0.1) is 22.6 Å². The molecule has 1 saturated carbocycles. The van der Waals surface area contributed by atoms with Crippen LogP contribution in [0.4, 0.5) is 0 Å². The summed E-state index contributed by atoms with van der Waals surface area (Å²) in [6, 6.07) is 15.3. The van der Waals surface area contributed by atoms with Crippen molar-refractivity contribution in [3.05, 3.63) is 70.3 Å². The summed E-state index contributed by atoms with van der Waals surface area (Å²) in [5.74, 6) is 0.919. The molecule has 0 N–H and O–H groups in total. The summed E-state index contributed by atoms with van der Waals surface area (Å²) in [5.41, 5.74) is 2.58. The van der Waals surface area contributed by atoms with Crippen molar-refractivity contribution in [2.24, 2.45) is 5.92 Å². The third-order valence-electron chi connectivity index (χ3n) is 6.46. The summed E-state index contributed by atoms with van der Waals surface area (Å²) >= 11 is 0. The van der Waals surface area contributed by atoms with Gasteiger partial charge in [-0.05, 0) is 69.6 Å². The number of para-hydroxylation sites is 1. The largest absolute Gasteiger partial charge is 0.331 e. The molecule has 1 aliphatic rings. The molecule has 0 aliphatic heterocycles. The topological polar surface area (TPSA) is 58.4 Å². The molecule has 1 aliphatic carbocycles. The number of rotatable bonds is 9. The minimum Gasteiger partial charge on any atom is -0.331 e. The minimum absolute atomic E-state index is 0.0928. The average Bonchev–Trinajstić information content (AvgIpc) is 3.67. The smallest absolute Gasteiger partial charge is 0.266 e. The number of aromatic nitrogens is 2. The van der Waals surface area contributed by atoms with E-state index < -0.39 is 0 Å². The van der Waals surface area contributed by atoms with Gasteiger partial charge in [-0.3, -0.25) is 14.2 Å². The van der Waals surface area contributed by atoms with Gasteiger partial charge in [-0.15, -0.1) is 0 Å². The van der Waals surface area contributed by atoms with Crippen molar-refractivity contribution in [3.8, 4) is 5.69 Å². The highest BCUT2D eigenvalue weighted by molar-refractivity contribution is 5.82. The van der Waals surface area contributed by atoms with Crippen molar-refractivity contribution in [1.82, 2.24) is 19.4 Å². The van der Waals surface area contributed by atoms with E-state index in [1.807, 2.05) is 55.4 Å². The number of fused-ring (bicyclic) bond motifs is 1. The van der Waals surface area contributed by atoms with Gasteiger partial charge in [0, 0.05) is 19.0 Å². The van der Waals surface area contributed by atoms with Gasteiger partial charge in [0.15, 0.2) is 0 Å². The van der Waals surface area contributed by atoms with Crippen LogP contribution in [-0.2, 0) is 11.2 Å². The third-order valence-corrected chi connectivity index (χ3v) is 6.46. The lowest BCUT2D eigenvalue weighted by Gasteiger charge is -2.33. The second kappa shape index (κ2) is 9.87. The van der Waals surface area contributed by atoms with E-state index in [2.05, 4.69) is 30.9 Å². The van der Waals surface area contributed by atoms with Gasteiger partial charge in [0.1, 0.15) is 5.82 Å². The fourth-order valence-corrected chi connectivity index (χ4v) is 4.34. The number of carbonyl (C=O) groups is 1. The van der Waals surface area contributed by atoms with Crippen LogP contribution >= 0.6 is 0 Å². The third kappa shape index (κ3) is 4.86. The van der Waals surface area contributed by atoms with E-state index in [0.29, 0.717) is 29.7 Å². The molecule has 4 rings (SSSR count). The van der Waals surface area contributed by atoms with Crippen LogP contribution < -0.4 is 5.56 Å². The first-order chi connectivity index (χ1) is 15.9. The molecule has 0 saturated heterocycles. The summed E-state index contributed by atoms with van der Waals surface area (Å²) in [7, 11) is 4.03. The van der Waals surface area contributed by atoms with Crippen LogP contribution in [0.5, 0.6) is 0 Å². The summed E-state index contributed by atoms with van der Waals surface area (Å²) in [4.78, 5) is 36.1. The summed E-state index contributed by atoms with van der Waals surface area (Å²) in [6.45, 7) is 5.55. The Balaban J connectivity index is 1.90. The lowest BCUT2D eigenvalue weighted by molar-refractivity contribution is -0.135. The second-order valence-electron chi connectivity index (χ2n) is 9.18. The molecular weight excluding hydrogens is 412 g/mol. The highest BCUT2D eigenvalue weighted by Crippen LogP contribution is 2.35. The number of hydrogen-bond acceptors (Lipinski definition) is 4. The number of hydrogen-bond donors (Lipinski definition) is 0. The van der Waals surface area contributed by atoms with Crippen LogP contribution in [0, 0.1) is 5.92 Å². The lowest BCUT2D eigenvalue weighted by Crippen LogP contribution is -2.42. The zero-order valence-electron chi connectivity index (χ0n) is 20.1. The highest BCUT2D eigenvalue weighted by Gasteiger charge is 2.37. The normalized spacial score (nSPS) is 14.6. The number of benzene rings is 2. The Bertz CT molecular complexity index is 1180. The minimum atomic E-state index is -0.277. The first kappa shape index (κ1) is 23.2. The zero-order chi connectivity index (χ0) is 23.5. The molecule has 0 radical (unpaired) electrons. The number of carbonyl (C=O) groups excluding carboxylic acids is 1. The molecular formula is C27H34N4O2. The lowest BCUT2D eigenvalue weighted by atomic mass is 10.1. The first-order valence-electron chi connectivity index (χ1n) is 12.0. The monoisotopic (exact) mass is 446 g/mol. The maximum atomic E-state index is 13.7. The zero-order valence-corrected chi connectivity index (χ0v) is 20.1. The molecule has 0 bridgehead atoms. The Labute approximate surface area is 195 Å². The predicted molar refractivity (Wildman–Crippen MR) is 133 cm³/mol. The Morgan fingerprint density at radius 2 is 1.76 bits per heavy atom. The van der Waals surface area contributed by atoms with Gasteiger partial charge < -0.3 is 9.80 Å². The van der Waals surface area contributed by atoms with E-state index in [1.165, 1.54) is 5.56 Å². The maximum absolute atomic E-state index is 13.7. The Morgan fingerprint density at radius 1 is 1.06 bits per heavy atom. The Kier molecular flexibility index (Phi) is 6.94. The fraction of sp³-hybridized carbons (Fsp3) is 0.444. The van der Waals surface area contributed by atoms with Gasteiger partial charge in [-0.2, -0.15) is 0 Å². The summed E-state index contributed by atoms with van der Waals surface area (Å²) < 4.78 is 1.72. The van der Waals surface area contributed by atoms with Crippen molar-refractivity contribution in [2.45, 2.75) is 45.6 Å². The van der Waals surface area contributed by atoms with E-state index in [-0.39, 0.29) is 23.4 Å². The molecule has 6 nitrogen and oxygen atoms in total. The molecule has 3 aromatic rings. The van der Waals surface area contributed by atoms with E-state index in [0.717, 1.165) is 31.5 Å². The molecule has 1 aromatic heterocycles. The van der Waals surface area contributed by atoms with Gasteiger partial charge in [-0.25, -0.2) is 4.98 Å². The van der Waals surface area contributed by atoms with Crippen LogP contribution in [0.3, 0.4) is 0 Å². The SMILES string of the molecule is CCc1ccc(-n2c(C(CC)N(CCN(C)C)C(=O)C3CC3)nc3ccccc3c2=O)cc1. The number of amides is 1. The number of nitrogens with zero attached hydrogens (tertiary/aromatic N) is 4. The van der Waals surface area contributed by atoms with E-state index in [1.54, 1.807) is 4.57 Å². The summed E-state index contributed by atoms with van der Waals surface area (Å²) in [5, 5.41) is 0.587. The van der Waals surface area contributed by atoms with Crippen molar-refractivity contribution in [2.75, 3.05) is 27.2 Å². The van der Waals surface area contributed by atoms with Gasteiger partial charge in [-0.1, -0.05) is 38.1 Å². The van der Waals surface area contributed by atoms with E-state index in [4.69, 9.17) is 4.98 Å². The first-order valence-corrected chi connectivity index (χ1v) is 12.0. The van der Waals surface area contributed by atoms with Crippen LogP contribution in [0.1, 0.15) is 50.5 Å². The van der Waals surface area contributed by atoms with Crippen LogP contribution in [0.15, 0.2) is 53.3 Å². The molecule has 6 heteroatoms. The molecule has 2 aromatic carbocycles. The molecule has 1 amide bonds. The van der Waals surface area contributed by atoms with Gasteiger partial charge in [0.2, 0.25) is 5.91 Å². The highest BCUT2D eigenvalue weighted by atomic mass is 16.2. The number of likely N-dealkylation sites (N-methyl/N-ethyl adjacent to an activating group) is 1. The average molecular weight is 447 g/mol. The summed E-state index contributed by atoms with van der Waals surface area (Å²) in [6.07, 6.45) is 3.52. The van der Waals surface area contributed by atoms with Crippen molar-refractivity contribution in [1.29, 1.82) is 0 Å². The number of aryl methyl sites for hydroxylation is 1. The molecule has 0 spiro atoms. The van der Waals surface area contributed by atoms with E-state index >= 15 is 0 Å². The van der Waals surface area contributed by atoms with Crippen LogP contribution in [-0.4, -0.2) is 52.4 Å². The standard InChI is InChI=1S/C27H34N4O2/c1-5-19-11-15-21(16-12-19)31-25(28-23-10-8-7-9-22(23)27(31)33)24(6-2)30(18-17-29(3)4)26(32)20-13-14-20/h7-12,15-16,20,24H,5-6,13-14,17-18H2,1-4H3. The van der Waals surface area contributed by atoms with Crippen LogP contribution in [0.2, 0.25) is 0 Å². The fourth-order valence-electron chi connectivity index (χ4n) is 4.34. The van der Waals surface area contributed by atoms with Crippen molar-refractivity contribution < 1.29 is 4.79 Å². The van der Waals surface area contributed by atoms with Crippen molar-refractivity contribution >= 4 is 16.8 Å². The molecule has 1 atom stereocenters. The quantitative estimate of drug-likeness (QED) is 0.494. The molecule has 1 heterocycles.